The van der Waals surface area contributed by atoms with Crippen molar-refractivity contribution in [2.45, 2.75) is 89.5 Å². The van der Waals surface area contributed by atoms with E-state index in [4.69, 9.17) is 21.1 Å². The van der Waals surface area contributed by atoms with Gasteiger partial charge in [0.1, 0.15) is 0 Å². The second-order valence-corrected chi connectivity index (χ2v) is 7.10. The number of halogens is 1. The zero-order valence-electron chi connectivity index (χ0n) is 14.5. The molecule has 0 radical (unpaired) electrons. The average molecular weight is 347 g/mol. The molecule has 0 bridgehead atoms. The number of hydrogen-bond acceptors (Lipinski definition) is 4. The molecule has 134 valence electrons. The number of rotatable bonds is 10. The van der Waals surface area contributed by atoms with Crippen LogP contribution < -0.4 is 0 Å². The van der Waals surface area contributed by atoms with E-state index in [-0.39, 0.29) is 42.2 Å². The molecule has 3 unspecified atom stereocenters. The molecular weight excluding hydrogens is 316 g/mol. The van der Waals surface area contributed by atoms with Crippen molar-refractivity contribution in [2.24, 2.45) is 5.92 Å². The Morgan fingerprint density at radius 2 is 1.83 bits per heavy atom. The van der Waals surface area contributed by atoms with Crippen molar-refractivity contribution in [1.29, 1.82) is 0 Å². The van der Waals surface area contributed by atoms with E-state index in [0.29, 0.717) is 6.61 Å². The minimum atomic E-state index is -0.338. The van der Waals surface area contributed by atoms with Crippen LogP contribution in [0.3, 0.4) is 0 Å². The van der Waals surface area contributed by atoms with Crippen LogP contribution in [0.1, 0.15) is 78.1 Å². The lowest BCUT2D eigenvalue weighted by molar-refractivity contribution is -0.154. The molecule has 0 amide bonds. The van der Waals surface area contributed by atoms with Gasteiger partial charge in [-0.25, -0.2) is 0 Å². The van der Waals surface area contributed by atoms with Gasteiger partial charge < -0.3 is 9.47 Å². The summed E-state index contributed by atoms with van der Waals surface area (Å²) in [6.07, 6.45) is 8.64. The smallest absolute Gasteiger partial charge is 0.306 e. The van der Waals surface area contributed by atoms with Crippen LogP contribution in [-0.4, -0.2) is 30.0 Å². The third kappa shape index (κ3) is 9.19. The first kappa shape index (κ1) is 20.3. The summed E-state index contributed by atoms with van der Waals surface area (Å²) < 4.78 is 10.5. The predicted octanol–water partition coefficient (Wildman–Crippen LogP) is 4.62. The van der Waals surface area contributed by atoms with Gasteiger partial charge in [0.2, 0.25) is 0 Å². The molecule has 1 saturated carbocycles. The summed E-state index contributed by atoms with van der Waals surface area (Å²) in [5.74, 6) is -0.409. The number of unbranched alkanes of at least 4 members (excludes halogenated alkanes) is 2. The van der Waals surface area contributed by atoms with Gasteiger partial charge >= 0.3 is 11.9 Å². The normalized spacial score (nSPS) is 22.4. The lowest BCUT2D eigenvalue weighted by Gasteiger charge is -2.26. The molecule has 0 aliphatic heterocycles. The largest absolute Gasteiger partial charge is 0.465 e. The molecule has 0 heterocycles. The topological polar surface area (TPSA) is 52.6 Å². The maximum atomic E-state index is 11.7. The maximum absolute atomic E-state index is 11.7. The van der Waals surface area contributed by atoms with Crippen molar-refractivity contribution in [2.75, 3.05) is 6.61 Å². The number of hydrogen-bond donors (Lipinski definition) is 0. The van der Waals surface area contributed by atoms with Crippen molar-refractivity contribution < 1.29 is 19.1 Å². The lowest BCUT2D eigenvalue weighted by atomic mass is 9.89. The molecular formula is C18H31ClO4. The second-order valence-electron chi connectivity index (χ2n) is 6.54. The highest BCUT2D eigenvalue weighted by atomic mass is 35.5. The monoisotopic (exact) mass is 346 g/mol. The zero-order valence-corrected chi connectivity index (χ0v) is 15.3. The molecule has 0 aromatic heterocycles. The Kier molecular flexibility index (Phi) is 10.3. The fourth-order valence-corrected chi connectivity index (χ4v) is 3.20. The molecule has 1 aliphatic carbocycles. The Labute approximate surface area is 145 Å². The van der Waals surface area contributed by atoms with Gasteiger partial charge in [-0.3, -0.25) is 9.59 Å². The van der Waals surface area contributed by atoms with Crippen LogP contribution in [0, 0.1) is 5.92 Å². The van der Waals surface area contributed by atoms with Gasteiger partial charge in [0.25, 0.3) is 0 Å². The van der Waals surface area contributed by atoms with E-state index in [1.54, 1.807) is 0 Å². The van der Waals surface area contributed by atoms with Crippen molar-refractivity contribution in [1.82, 2.24) is 0 Å². The Morgan fingerprint density at radius 3 is 2.52 bits per heavy atom. The first-order valence-corrected chi connectivity index (χ1v) is 9.45. The number of esters is 2. The molecule has 0 N–H and O–H groups in total. The van der Waals surface area contributed by atoms with Gasteiger partial charge in [0, 0.05) is 11.3 Å². The molecule has 0 spiro atoms. The summed E-state index contributed by atoms with van der Waals surface area (Å²) in [5, 5.41) is 0.102. The molecule has 1 aliphatic rings. The molecule has 0 aromatic carbocycles. The summed E-state index contributed by atoms with van der Waals surface area (Å²) in [6, 6.07) is 0. The Balaban J connectivity index is 2.11. The van der Waals surface area contributed by atoms with Crippen LogP contribution in [0.2, 0.25) is 0 Å². The van der Waals surface area contributed by atoms with Gasteiger partial charge in [-0.1, -0.05) is 32.6 Å². The van der Waals surface area contributed by atoms with Gasteiger partial charge in [0.15, 0.2) is 0 Å². The lowest BCUT2D eigenvalue weighted by Crippen LogP contribution is -2.26. The quantitative estimate of drug-likeness (QED) is 0.329. The number of carbonyl (C=O) groups is 2. The van der Waals surface area contributed by atoms with Crippen LogP contribution in [-0.2, 0) is 19.1 Å². The number of carbonyl (C=O) groups excluding carboxylic acids is 2. The van der Waals surface area contributed by atoms with Crippen LogP contribution in [0.25, 0.3) is 0 Å². The predicted molar refractivity (Wildman–Crippen MR) is 91.5 cm³/mol. The summed E-state index contributed by atoms with van der Waals surface area (Å²) in [6.45, 7) is 4.41. The van der Waals surface area contributed by atoms with E-state index in [9.17, 15) is 9.59 Å². The first-order valence-electron chi connectivity index (χ1n) is 9.02. The van der Waals surface area contributed by atoms with Crippen molar-refractivity contribution >= 4 is 23.5 Å². The highest BCUT2D eigenvalue weighted by Gasteiger charge is 2.24. The fraction of sp³-hybridized carbons (Fsp3) is 0.889. The van der Waals surface area contributed by atoms with Crippen LogP contribution in [0.4, 0.5) is 0 Å². The highest BCUT2D eigenvalue weighted by molar-refractivity contribution is 6.20. The average Bonchev–Trinajstić information content (AvgIpc) is 2.52. The first-order chi connectivity index (χ1) is 11.0. The molecule has 0 aromatic rings. The van der Waals surface area contributed by atoms with E-state index < -0.39 is 0 Å². The third-order valence-electron chi connectivity index (χ3n) is 4.35. The summed E-state index contributed by atoms with van der Waals surface area (Å²) in [5.41, 5.74) is 0. The Hall–Kier alpha value is -0.770. The SMILES string of the molecule is CCCCCC(C)OC(=O)CCC(=O)OCC1CCCCC1Cl. The molecule has 1 rings (SSSR count). The molecule has 23 heavy (non-hydrogen) atoms. The number of alkyl halides is 1. The van der Waals surface area contributed by atoms with E-state index in [0.717, 1.165) is 51.4 Å². The second kappa shape index (κ2) is 11.7. The van der Waals surface area contributed by atoms with Crippen LogP contribution in [0.15, 0.2) is 0 Å². The molecule has 3 atom stereocenters. The molecule has 5 heteroatoms. The van der Waals surface area contributed by atoms with Crippen LogP contribution in [0.5, 0.6) is 0 Å². The Bertz CT molecular complexity index is 359. The van der Waals surface area contributed by atoms with Gasteiger partial charge in [-0.05, 0) is 32.6 Å². The Morgan fingerprint density at radius 1 is 1.13 bits per heavy atom. The summed E-state index contributed by atoms with van der Waals surface area (Å²) in [7, 11) is 0. The summed E-state index contributed by atoms with van der Waals surface area (Å²) in [4.78, 5) is 23.4. The van der Waals surface area contributed by atoms with Crippen LogP contribution >= 0.6 is 11.6 Å². The van der Waals surface area contributed by atoms with Crippen molar-refractivity contribution in [3.63, 3.8) is 0 Å². The minimum absolute atomic E-state index is 0.0793. The van der Waals surface area contributed by atoms with Gasteiger partial charge in [-0.2, -0.15) is 0 Å². The molecule has 0 saturated heterocycles. The van der Waals surface area contributed by atoms with Gasteiger partial charge in [0.05, 0.1) is 25.6 Å². The van der Waals surface area contributed by atoms with Gasteiger partial charge in [-0.15, -0.1) is 11.6 Å². The van der Waals surface area contributed by atoms with E-state index >= 15 is 0 Å². The number of ether oxygens (including phenoxy) is 2. The van der Waals surface area contributed by atoms with E-state index in [2.05, 4.69) is 6.92 Å². The maximum Gasteiger partial charge on any atom is 0.306 e. The standard InChI is InChI=1S/C18H31ClO4/c1-3-4-5-8-14(2)23-18(21)12-11-17(20)22-13-15-9-6-7-10-16(15)19/h14-16H,3-13H2,1-2H3. The highest BCUT2D eigenvalue weighted by Crippen LogP contribution is 2.28. The zero-order chi connectivity index (χ0) is 17.1. The van der Waals surface area contributed by atoms with Crippen molar-refractivity contribution in [3.05, 3.63) is 0 Å². The summed E-state index contributed by atoms with van der Waals surface area (Å²) >= 11 is 6.24. The third-order valence-corrected chi connectivity index (χ3v) is 4.93. The minimum Gasteiger partial charge on any atom is -0.465 e. The molecule has 1 fully saturated rings. The van der Waals surface area contributed by atoms with Crippen molar-refractivity contribution in [3.8, 4) is 0 Å². The fourth-order valence-electron chi connectivity index (χ4n) is 2.85. The van der Waals surface area contributed by atoms with E-state index in [1.807, 2.05) is 6.92 Å². The molecule has 4 nitrogen and oxygen atoms in total. The van der Waals surface area contributed by atoms with E-state index in [1.165, 1.54) is 0 Å².